The van der Waals surface area contributed by atoms with Crippen LogP contribution >= 0.6 is 0 Å². The topological polar surface area (TPSA) is 0 Å². The van der Waals surface area contributed by atoms with Gasteiger partial charge in [0.05, 0.1) is 0 Å². The van der Waals surface area contributed by atoms with E-state index in [1.165, 1.54) is 25.7 Å². The first-order valence-electron chi connectivity index (χ1n) is 5.31. The molecule has 0 heterocycles. The summed E-state index contributed by atoms with van der Waals surface area (Å²) < 4.78 is 0. The van der Waals surface area contributed by atoms with Crippen LogP contribution in [0.3, 0.4) is 0 Å². The van der Waals surface area contributed by atoms with Crippen LogP contribution in [0.1, 0.15) is 59.3 Å². The van der Waals surface area contributed by atoms with Crippen LogP contribution in [0.25, 0.3) is 0 Å². The zero-order chi connectivity index (χ0) is 9.82. The maximum absolute atomic E-state index is 3.76. The average Bonchev–Trinajstić information content (AvgIpc) is 2.14. The van der Waals surface area contributed by atoms with E-state index >= 15 is 0 Å². The summed E-state index contributed by atoms with van der Waals surface area (Å²) in [6, 6.07) is 0. The molecule has 0 aliphatic carbocycles. The first-order chi connectivity index (χ1) is 5.72. The van der Waals surface area contributed by atoms with Crippen LogP contribution in [0.4, 0.5) is 0 Å². The Kier molecular flexibility index (Phi) is 28.4. The Hall–Kier alpha value is 1.10. The van der Waals surface area contributed by atoms with Gasteiger partial charge in [0.15, 0.2) is 0 Å². The largest absolute Gasteiger partial charge is 0.343 e. The Morgan fingerprint density at radius 1 is 1.08 bits per heavy atom. The molecule has 0 aliphatic heterocycles. The Balaban J connectivity index is -0.000000143. The molecule has 0 aromatic heterocycles. The van der Waals surface area contributed by atoms with E-state index in [2.05, 4.69) is 34.6 Å². The molecular weight excluding hydrogens is 233 g/mol. The third-order valence-corrected chi connectivity index (χ3v) is 2.04. The van der Waals surface area contributed by atoms with Gasteiger partial charge in [-0.2, -0.15) is 12.8 Å². The molecule has 0 aromatic rings. The maximum Gasteiger partial charge on any atom is 0 e. The van der Waals surface area contributed by atoms with Gasteiger partial charge in [-0.25, -0.2) is 0 Å². The molecular formula is C12H26Y-2. The van der Waals surface area contributed by atoms with Gasteiger partial charge in [-0.1, -0.05) is 52.4 Å². The minimum atomic E-state index is 0. The van der Waals surface area contributed by atoms with E-state index in [1.54, 1.807) is 0 Å². The van der Waals surface area contributed by atoms with Gasteiger partial charge in [-0.15, -0.1) is 0 Å². The molecule has 0 aliphatic rings. The number of hydrogen-bond donors (Lipinski definition) is 0. The average molecular weight is 259 g/mol. The standard InChI is InChI=1S/2C6H13.Y/c1-4-6(3)5-2;1-3-5-6-4-2;/h6H,1,4-5H2,2-3H3;1,3-6H2,2H3;/q2*-1;. The fourth-order valence-electron chi connectivity index (χ4n) is 0.631. The van der Waals surface area contributed by atoms with Crippen LogP contribution in [-0.4, -0.2) is 0 Å². The van der Waals surface area contributed by atoms with Gasteiger partial charge in [-0.05, 0) is 0 Å². The van der Waals surface area contributed by atoms with Crippen molar-refractivity contribution in [2.24, 2.45) is 5.92 Å². The molecule has 1 unspecified atom stereocenters. The molecule has 0 spiro atoms. The first-order valence-corrected chi connectivity index (χ1v) is 5.31. The van der Waals surface area contributed by atoms with E-state index in [4.69, 9.17) is 0 Å². The third-order valence-electron chi connectivity index (χ3n) is 2.04. The Morgan fingerprint density at radius 3 is 1.69 bits per heavy atom. The molecule has 0 saturated carbocycles. The molecule has 0 fully saturated rings. The van der Waals surface area contributed by atoms with E-state index < -0.39 is 0 Å². The van der Waals surface area contributed by atoms with Crippen molar-refractivity contribution < 1.29 is 32.7 Å². The van der Waals surface area contributed by atoms with Crippen LogP contribution in [0.5, 0.6) is 0 Å². The Labute approximate surface area is 111 Å². The Morgan fingerprint density at radius 2 is 1.62 bits per heavy atom. The van der Waals surface area contributed by atoms with E-state index in [-0.39, 0.29) is 32.7 Å². The van der Waals surface area contributed by atoms with Gasteiger partial charge < -0.3 is 13.8 Å². The molecule has 0 saturated heterocycles. The predicted molar refractivity (Wildman–Crippen MR) is 58.9 cm³/mol. The summed E-state index contributed by atoms with van der Waals surface area (Å²) in [7, 11) is 0. The predicted octanol–water partition coefficient (Wildman–Crippen LogP) is 4.65. The third kappa shape index (κ3) is 24.6. The quantitative estimate of drug-likeness (QED) is 0.497. The van der Waals surface area contributed by atoms with Crippen molar-refractivity contribution in [2.45, 2.75) is 59.3 Å². The van der Waals surface area contributed by atoms with E-state index in [0.29, 0.717) is 0 Å². The maximum atomic E-state index is 3.76. The Bertz CT molecular complexity index is 54.1. The van der Waals surface area contributed by atoms with Crippen molar-refractivity contribution in [1.82, 2.24) is 0 Å². The van der Waals surface area contributed by atoms with Gasteiger partial charge in [0.25, 0.3) is 0 Å². The van der Waals surface area contributed by atoms with Crippen LogP contribution in [0.2, 0.25) is 0 Å². The molecule has 0 aromatic carbocycles. The first kappa shape index (κ1) is 19.6. The number of hydrogen-bond acceptors (Lipinski definition) is 0. The molecule has 1 atom stereocenters. The minimum absolute atomic E-state index is 0. The summed E-state index contributed by atoms with van der Waals surface area (Å²) in [5.74, 6) is 0.824. The molecule has 0 amide bonds. The SMILES string of the molecule is [CH2-]CC(C)CC.[CH2-]CCCCC.[Y]. The summed E-state index contributed by atoms with van der Waals surface area (Å²) >= 11 is 0. The van der Waals surface area contributed by atoms with Gasteiger partial charge in [0.2, 0.25) is 0 Å². The second-order valence-electron chi connectivity index (χ2n) is 3.36. The van der Waals surface area contributed by atoms with Gasteiger partial charge in [-0.3, -0.25) is 0 Å². The van der Waals surface area contributed by atoms with Crippen molar-refractivity contribution in [1.29, 1.82) is 0 Å². The summed E-state index contributed by atoms with van der Waals surface area (Å²) in [6.07, 6.45) is 7.42. The molecule has 1 radical (unpaired) electrons. The fraction of sp³-hybridized carbons (Fsp3) is 0.833. The zero-order valence-corrected chi connectivity index (χ0v) is 12.6. The molecule has 0 nitrogen and oxygen atoms in total. The molecule has 79 valence electrons. The summed E-state index contributed by atoms with van der Waals surface area (Å²) in [5.41, 5.74) is 0. The summed E-state index contributed by atoms with van der Waals surface area (Å²) in [5, 5.41) is 0. The van der Waals surface area contributed by atoms with Crippen LogP contribution in [0.15, 0.2) is 0 Å². The van der Waals surface area contributed by atoms with Crippen LogP contribution in [0, 0.1) is 19.8 Å². The monoisotopic (exact) mass is 259 g/mol. The van der Waals surface area contributed by atoms with Crippen molar-refractivity contribution in [3.05, 3.63) is 13.8 Å². The fourth-order valence-corrected chi connectivity index (χ4v) is 0.631. The van der Waals surface area contributed by atoms with Gasteiger partial charge >= 0.3 is 0 Å². The van der Waals surface area contributed by atoms with Gasteiger partial charge in [0, 0.05) is 32.7 Å². The van der Waals surface area contributed by atoms with Crippen molar-refractivity contribution >= 4 is 0 Å². The summed E-state index contributed by atoms with van der Waals surface area (Å²) in [4.78, 5) is 0. The molecule has 13 heavy (non-hydrogen) atoms. The smallest absolute Gasteiger partial charge is 0 e. The summed E-state index contributed by atoms with van der Waals surface area (Å²) in [6.45, 7) is 14.1. The molecule has 1 heteroatoms. The normalized spacial score (nSPS) is 10.8. The van der Waals surface area contributed by atoms with Crippen LogP contribution < -0.4 is 0 Å². The minimum Gasteiger partial charge on any atom is -0.343 e. The second-order valence-corrected chi connectivity index (χ2v) is 3.36. The second kappa shape index (κ2) is 18.8. The zero-order valence-electron chi connectivity index (χ0n) is 9.81. The molecule has 0 rings (SSSR count). The van der Waals surface area contributed by atoms with Gasteiger partial charge in [0.1, 0.15) is 0 Å². The molecule has 0 N–H and O–H groups in total. The number of rotatable bonds is 5. The number of unbranched alkanes of at least 4 members (excludes halogenated alkanes) is 3. The van der Waals surface area contributed by atoms with Crippen molar-refractivity contribution in [2.75, 3.05) is 0 Å². The molecule has 0 bridgehead atoms. The van der Waals surface area contributed by atoms with Crippen LogP contribution in [-0.2, 0) is 32.7 Å². The van der Waals surface area contributed by atoms with E-state index in [1.807, 2.05) is 0 Å². The van der Waals surface area contributed by atoms with E-state index in [0.717, 1.165) is 18.8 Å². The van der Waals surface area contributed by atoms with Crippen molar-refractivity contribution in [3.63, 3.8) is 0 Å². The van der Waals surface area contributed by atoms with Crippen molar-refractivity contribution in [3.8, 4) is 0 Å². The van der Waals surface area contributed by atoms with E-state index in [9.17, 15) is 0 Å².